The van der Waals surface area contributed by atoms with Crippen LogP contribution in [0.1, 0.15) is 6.42 Å². The van der Waals surface area contributed by atoms with Crippen LogP contribution in [-0.2, 0) is 4.79 Å². The molecule has 5 aliphatic carbocycles. The van der Waals surface area contributed by atoms with Crippen LogP contribution < -0.4 is 0 Å². The molecule has 3 unspecified atom stereocenters. The third kappa shape index (κ3) is 0.720. The van der Waals surface area contributed by atoms with Gasteiger partial charge in [-0.1, -0.05) is 23.2 Å². The third-order valence-electron chi connectivity index (χ3n) is 6.65. The highest BCUT2D eigenvalue weighted by molar-refractivity contribution is 6.66. The number of carbonyl (C=O) groups is 1. The minimum absolute atomic E-state index is 0.00941. The summed E-state index contributed by atoms with van der Waals surface area (Å²) in [5, 5.41) is 0. The van der Waals surface area contributed by atoms with E-state index in [-0.39, 0.29) is 29.6 Å². The molecule has 0 amide bonds. The Kier molecular flexibility index (Phi) is 1.91. The second-order valence-corrected chi connectivity index (χ2v) is 10.4. The van der Waals surface area contributed by atoms with Crippen molar-refractivity contribution in [1.29, 1.82) is 0 Å². The molecule has 5 saturated carbocycles. The van der Waals surface area contributed by atoms with Crippen molar-refractivity contribution >= 4 is 75.9 Å². The highest BCUT2D eigenvalue weighted by Gasteiger charge is 3.12. The predicted molar refractivity (Wildman–Crippen MR) is 76.9 cm³/mol. The SMILES string of the molecule is O=C[C@H]1C[C@H]2C3C4(Cl)C3(Cl)[C@@]3(Cl)[C@H]1[C@H]2[C@@]4(Cl)C3(Cl)Cl. The number of hydrogen-bond acceptors (Lipinski definition) is 1. The van der Waals surface area contributed by atoms with E-state index >= 15 is 0 Å². The Morgan fingerprint density at radius 1 is 0.842 bits per heavy atom. The van der Waals surface area contributed by atoms with Crippen molar-refractivity contribution in [2.75, 3.05) is 0 Å². The number of fused-ring (bicyclic) bond motifs is 5. The van der Waals surface area contributed by atoms with E-state index in [0.717, 1.165) is 12.7 Å². The van der Waals surface area contributed by atoms with Crippen LogP contribution in [0.2, 0.25) is 0 Å². The van der Waals surface area contributed by atoms with Crippen LogP contribution in [-0.4, -0.2) is 30.1 Å². The molecule has 5 aliphatic rings. The molecule has 1 nitrogen and oxygen atoms in total. The first kappa shape index (κ1) is 12.9. The van der Waals surface area contributed by atoms with Crippen LogP contribution in [0.15, 0.2) is 0 Å². The van der Waals surface area contributed by atoms with Gasteiger partial charge in [-0.15, -0.1) is 46.4 Å². The zero-order valence-electron chi connectivity index (χ0n) is 9.35. The largest absolute Gasteiger partial charge is 0.303 e. The minimum Gasteiger partial charge on any atom is -0.303 e. The highest BCUT2D eigenvalue weighted by Crippen LogP contribution is 3.01. The maximum atomic E-state index is 11.4. The molecule has 0 saturated heterocycles. The quantitative estimate of drug-likeness (QED) is 0.499. The smallest absolute Gasteiger partial charge is 0.160 e. The Hall–Kier alpha value is 1.41. The van der Waals surface area contributed by atoms with Gasteiger partial charge in [0.15, 0.2) is 4.33 Å². The van der Waals surface area contributed by atoms with Gasteiger partial charge in [0.25, 0.3) is 0 Å². The molecule has 2 bridgehead atoms. The van der Waals surface area contributed by atoms with Gasteiger partial charge in [-0.05, 0) is 24.2 Å². The third-order valence-corrected chi connectivity index (χ3v) is 11.9. The number of alkyl halides is 6. The molecule has 0 spiro atoms. The van der Waals surface area contributed by atoms with Gasteiger partial charge in [-0.25, -0.2) is 0 Å². The highest BCUT2D eigenvalue weighted by atomic mass is 35.5. The van der Waals surface area contributed by atoms with Crippen molar-refractivity contribution in [3.05, 3.63) is 0 Å². The average molecular weight is 381 g/mol. The summed E-state index contributed by atoms with van der Waals surface area (Å²) in [6.45, 7) is 0. The van der Waals surface area contributed by atoms with Gasteiger partial charge in [0.1, 0.15) is 16.0 Å². The Balaban J connectivity index is 1.89. The number of hydrogen-bond donors (Lipinski definition) is 0. The maximum Gasteiger partial charge on any atom is 0.160 e. The van der Waals surface area contributed by atoms with Gasteiger partial charge >= 0.3 is 0 Å². The molecule has 5 rings (SSSR count). The van der Waals surface area contributed by atoms with Crippen LogP contribution in [0.5, 0.6) is 0 Å². The van der Waals surface area contributed by atoms with Crippen molar-refractivity contribution in [1.82, 2.24) is 0 Å². The normalized spacial score (nSPS) is 76.6. The van der Waals surface area contributed by atoms with E-state index < -0.39 is 23.8 Å². The summed E-state index contributed by atoms with van der Waals surface area (Å²) in [5.74, 6) is -0.143. The molecular formula is C12H8Cl6O. The van der Waals surface area contributed by atoms with E-state index in [4.69, 9.17) is 69.6 Å². The summed E-state index contributed by atoms with van der Waals surface area (Å²) >= 11 is 40.4. The van der Waals surface area contributed by atoms with Gasteiger partial charge in [-0.3, -0.25) is 0 Å². The first-order valence-electron chi connectivity index (χ1n) is 6.26. The topological polar surface area (TPSA) is 17.1 Å². The fourth-order valence-electron chi connectivity index (χ4n) is 6.34. The zero-order chi connectivity index (χ0) is 13.8. The van der Waals surface area contributed by atoms with Crippen molar-refractivity contribution in [3.63, 3.8) is 0 Å². The molecular weight excluding hydrogens is 373 g/mol. The number of halogens is 6. The molecule has 0 aromatic heterocycles. The van der Waals surface area contributed by atoms with E-state index in [9.17, 15) is 4.79 Å². The maximum absolute atomic E-state index is 11.4. The number of aldehydes is 1. The summed E-state index contributed by atoms with van der Waals surface area (Å²) in [5.41, 5.74) is 0. The van der Waals surface area contributed by atoms with E-state index in [1.807, 2.05) is 0 Å². The zero-order valence-corrected chi connectivity index (χ0v) is 13.9. The lowest BCUT2D eigenvalue weighted by Crippen LogP contribution is -2.53. The Bertz CT molecular complexity index is 566. The minimum atomic E-state index is -1.41. The Morgan fingerprint density at radius 3 is 1.84 bits per heavy atom. The van der Waals surface area contributed by atoms with Crippen LogP contribution in [0.4, 0.5) is 0 Å². The van der Waals surface area contributed by atoms with Gasteiger partial charge in [0.2, 0.25) is 0 Å². The average Bonchev–Trinajstić information content (AvgIpc) is 2.59. The van der Waals surface area contributed by atoms with Gasteiger partial charge in [-0.2, -0.15) is 0 Å². The second kappa shape index (κ2) is 2.81. The predicted octanol–water partition coefficient (Wildman–Crippen LogP) is 3.81. The molecule has 0 aromatic rings. The van der Waals surface area contributed by atoms with E-state index in [0.29, 0.717) is 0 Å². The molecule has 5 fully saturated rings. The first-order valence-corrected chi connectivity index (χ1v) is 8.53. The lowest BCUT2D eigenvalue weighted by Gasteiger charge is -2.42. The van der Waals surface area contributed by atoms with E-state index in [1.165, 1.54) is 0 Å². The fraction of sp³-hybridized carbons (Fsp3) is 0.917. The molecule has 0 aromatic carbocycles. The summed E-state index contributed by atoms with van der Waals surface area (Å²) in [6, 6.07) is 0. The van der Waals surface area contributed by atoms with Crippen LogP contribution in [0.25, 0.3) is 0 Å². The van der Waals surface area contributed by atoms with Crippen LogP contribution >= 0.6 is 69.6 Å². The van der Waals surface area contributed by atoms with Gasteiger partial charge in [0.05, 0.1) is 9.75 Å². The summed E-state index contributed by atoms with van der Waals surface area (Å²) in [4.78, 5) is 7.49. The molecule has 7 heteroatoms. The second-order valence-electron chi connectivity index (χ2n) is 6.65. The first-order chi connectivity index (χ1) is 8.67. The fourth-order valence-corrected chi connectivity index (χ4v) is 10.9. The molecule has 0 heterocycles. The van der Waals surface area contributed by atoms with Crippen LogP contribution in [0.3, 0.4) is 0 Å². The lowest BCUT2D eigenvalue weighted by atomic mass is 9.73. The standard InChI is InChI=1S/C12H8Cl6O/c13-8-5-3(2-19)1-4-6(5)9(14,12(8,17)18)11(16)7(4)10(8,11)15/h2-7H,1H2/t3-,4-,5-,6+,7?,8+,9+,10?,11?/m1/s1. The molecule has 0 radical (unpaired) electrons. The Labute approximate surface area is 140 Å². The van der Waals surface area contributed by atoms with E-state index in [2.05, 4.69) is 0 Å². The molecule has 0 aliphatic heterocycles. The van der Waals surface area contributed by atoms with Crippen molar-refractivity contribution < 1.29 is 4.79 Å². The van der Waals surface area contributed by atoms with Crippen molar-refractivity contribution in [2.45, 2.75) is 30.3 Å². The monoisotopic (exact) mass is 378 g/mol. The Morgan fingerprint density at radius 2 is 1.37 bits per heavy atom. The summed E-state index contributed by atoms with van der Waals surface area (Å²) in [6.07, 6.45) is 1.70. The van der Waals surface area contributed by atoms with Crippen molar-refractivity contribution in [3.8, 4) is 0 Å². The molecule has 104 valence electrons. The van der Waals surface area contributed by atoms with Gasteiger partial charge in [0, 0.05) is 11.8 Å². The summed E-state index contributed by atoms with van der Waals surface area (Å²) < 4.78 is -1.41. The van der Waals surface area contributed by atoms with Crippen molar-refractivity contribution in [2.24, 2.45) is 29.6 Å². The lowest BCUT2D eigenvalue weighted by molar-refractivity contribution is -0.112. The van der Waals surface area contributed by atoms with Crippen LogP contribution in [0, 0.1) is 29.6 Å². The number of rotatable bonds is 1. The summed E-state index contributed by atoms with van der Waals surface area (Å²) in [7, 11) is 0. The molecule has 0 N–H and O–H groups in total. The molecule has 9 atom stereocenters. The number of carbonyl (C=O) groups excluding carboxylic acids is 1. The van der Waals surface area contributed by atoms with Gasteiger partial charge < -0.3 is 4.79 Å². The molecule has 19 heavy (non-hydrogen) atoms. The van der Waals surface area contributed by atoms with E-state index in [1.54, 1.807) is 0 Å².